The van der Waals surface area contributed by atoms with Crippen molar-refractivity contribution in [1.82, 2.24) is 14.9 Å². The minimum atomic E-state index is -0.143. The lowest BCUT2D eigenvalue weighted by Gasteiger charge is -2.14. The Balaban J connectivity index is 1.53. The van der Waals surface area contributed by atoms with Crippen molar-refractivity contribution in [3.8, 4) is 16.8 Å². The normalized spacial score (nSPS) is 12.0. The van der Waals surface area contributed by atoms with Crippen LogP contribution in [0.25, 0.3) is 16.8 Å². The molecular formula is C27H34ClN3O2. The predicted molar refractivity (Wildman–Crippen MR) is 135 cm³/mol. The quantitative estimate of drug-likeness (QED) is 0.290. The van der Waals surface area contributed by atoms with Crippen LogP contribution in [0.3, 0.4) is 0 Å². The Morgan fingerprint density at radius 1 is 1.12 bits per heavy atom. The van der Waals surface area contributed by atoms with Gasteiger partial charge >= 0.3 is 0 Å². The van der Waals surface area contributed by atoms with Crippen LogP contribution in [-0.4, -0.2) is 35.2 Å². The summed E-state index contributed by atoms with van der Waals surface area (Å²) in [5.74, 6) is 0.492. The summed E-state index contributed by atoms with van der Waals surface area (Å²) < 4.78 is 7.64. The number of imidazole rings is 1. The first-order valence-electron chi connectivity index (χ1n) is 11.9. The molecule has 0 radical (unpaired) electrons. The van der Waals surface area contributed by atoms with Crippen molar-refractivity contribution in [2.75, 3.05) is 19.8 Å². The molecule has 33 heavy (non-hydrogen) atoms. The molecule has 3 aromatic rings. The van der Waals surface area contributed by atoms with E-state index < -0.39 is 0 Å². The second kappa shape index (κ2) is 13.2. The van der Waals surface area contributed by atoms with E-state index in [9.17, 15) is 4.79 Å². The van der Waals surface area contributed by atoms with E-state index in [4.69, 9.17) is 16.3 Å². The Morgan fingerprint density at radius 3 is 2.67 bits per heavy atom. The number of nitrogens with zero attached hydrogens (tertiary/aromatic N) is 2. The van der Waals surface area contributed by atoms with Gasteiger partial charge in [-0.05, 0) is 54.2 Å². The van der Waals surface area contributed by atoms with Crippen LogP contribution in [0.1, 0.15) is 56.4 Å². The first kappa shape index (κ1) is 25.0. The van der Waals surface area contributed by atoms with E-state index in [2.05, 4.69) is 24.1 Å². The molecule has 0 fully saturated rings. The van der Waals surface area contributed by atoms with Crippen LogP contribution in [0, 0.1) is 5.92 Å². The summed E-state index contributed by atoms with van der Waals surface area (Å²) in [6.45, 7) is 6.47. The molecule has 1 N–H and O–H groups in total. The number of unbranched alkanes of at least 4 members (excludes halogenated alkanes) is 1. The summed E-state index contributed by atoms with van der Waals surface area (Å²) in [5, 5.41) is 3.68. The van der Waals surface area contributed by atoms with Gasteiger partial charge in [0.2, 0.25) is 0 Å². The van der Waals surface area contributed by atoms with Crippen molar-refractivity contribution in [2.24, 2.45) is 5.92 Å². The van der Waals surface area contributed by atoms with E-state index in [-0.39, 0.29) is 5.91 Å². The molecule has 0 spiro atoms. The van der Waals surface area contributed by atoms with Crippen LogP contribution in [0.5, 0.6) is 0 Å². The number of benzene rings is 2. The van der Waals surface area contributed by atoms with Crippen molar-refractivity contribution >= 4 is 17.5 Å². The first-order valence-corrected chi connectivity index (χ1v) is 12.2. The molecule has 0 bridgehead atoms. The molecule has 0 aliphatic carbocycles. The number of aromatic nitrogens is 2. The topological polar surface area (TPSA) is 56.1 Å². The average molecular weight is 468 g/mol. The highest BCUT2D eigenvalue weighted by Crippen LogP contribution is 2.25. The second-order valence-electron chi connectivity index (χ2n) is 8.31. The third-order valence-electron chi connectivity index (χ3n) is 5.80. The van der Waals surface area contributed by atoms with Crippen LogP contribution in [-0.2, 0) is 4.74 Å². The van der Waals surface area contributed by atoms with Crippen LogP contribution < -0.4 is 5.32 Å². The number of carbonyl (C=O) groups is 1. The monoisotopic (exact) mass is 467 g/mol. The molecule has 0 aliphatic heterocycles. The molecule has 1 heterocycles. The lowest BCUT2D eigenvalue weighted by atomic mass is 10.0. The van der Waals surface area contributed by atoms with E-state index in [1.54, 1.807) is 17.1 Å². The summed E-state index contributed by atoms with van der Waals surface area (Å²) in [6.07, 6.45) is 8.91. The largest absolute Gasteiger partial charge is 0.381 e. The highest BCUT2D eigenvalue weighted by Gasteiger charge is 2.13. The summed E-state index contributed by atoms with van der Waals surface area (Å²) in [4.78, 5) is 17.0. The Hall–Kier alpha value is -2.63. The third-order valence-corrected chi connectivity index (χ3v) is 6.04. The Kier molecular flexibility index (Phi) is 9.98. The number of carbonyl (C=O) groups excluding carboxylic acids is 1. The maximum Gasteiger partial charge on any atom is 0.269 e. The van der Waals surface area contributed by atoms with Crippen molar-refractivity contribution in [3.05, 3.63) is 71.8 Å². The van der Waals surface area contributed by atoms with Gasteiger partial charge < -0.3 is 10.1 Å². The number of rotatable bonds is 13. The highest BCUT2D eigenvalue weighted by atomic mass is 35.5. The molecular weight excluding hydrogens is 434 g/mol. The van der Waals surface area contributed by atoms with Crippen LogP contribution in [0.2, 0.25) is 5.02 Å². The molecule has 0 saturated carbocycles. The zero-order valence-electron chi connectivity index (χ0n) is 19.6. The molecule has 176 valence electrons. The van der Waals surface area contributed by atoms with Crippen LogP contribution in [0.15, 0.2) is 61.1 Å². The van der Waals surface area contributed by atoms with Crippen molar-refractivity contribution in [2.45, 2.75) is 46.0 Å². The second-order valence-corrected chi connectivity index (χ2v) is 8.75. The minimum absolute atomic E-state index is 0.143. The van der Waals surface area contributed by atoms with Gasteiger partial charge in [-0.2, -0.15) is 0 Å². The van der Waals surface area contributed by atoms with E-state index in [0.29, 0.717) is 29.8 Å². The fraction of sp³-hybridized carbons (Fsp3) is 0.407. The Bertz CT molecular complexity index is 1020. The molecule has 5 nitrogen and oxygen atoms in total. The van der Waals surface area contributed by atoms with E-state index >= 15 is 0 Å². The minimum Gasteiger partial charge on any atom is -0.381 e. The van der Waals surface area contributed by atoms with Crippen molar-refractivity contribution in [3.63, 3.8) is 0 Å². The van der Waals surface area contributed by atoms with Gasteiger partial charge in [0.05, 0.1) is 12.5 Å². The molecule has 1 atom stereocenters. The fourth-order valence-corrected chi connectivity index (χ4v) is 3.98. The number of ether oxygens (including phenoxy) is 1. The van der Waals surface area contributed by atoms with Gasteiger partial charge in [-0.25, -0.2) is 4.98 Å². The molecule has 0 unspecified atom stereocenters. The number of amides is 1. The molecule has 3 rings (SSSR count). The maximum absolute atomic E-state index is 12.8. The highest BCUT2D eigenvalue weighted by molar-refractivity contribution is 6.30. The average Bonchev–Trinajstić information content (AvgIpc) is 3.33. The number of halogens is 1. The summed E-state index contributed by atoms with van der Waals surface area (Å²) in [7, 11) is 0. The van der Waals surface area contributed by atoms with Gasteiger partial charge in [-0.3, -0.25) is 9.36 Å². The van der Waals surface area contributed by atoms with Gasteiger partial charge in [0, 0.05) is 30.5 Å². The van der Waals surface area contributed by atoms with Gasteiger partial charge in [-0.15, -0.1) is 0 Å². The molecule has 1 aromatic heterocycles. The van der Waals surface area contributed by atoms with Crippen molar-refractivity contribution < 1.29 is 9.53 Å². The van der Waals surface area contributed by atoms with Gasteiger partial charge in [-0.1, -0.05) is 69.0 Å². The molecule has 6 heteroatoms. The third kappa shape index (κ3) is 7.44. The summed E-state index contributed by atoms with van der Waals surface area (Å²) in [5.41, 5.74) is 3.42. The number of hydrogen-bond donors (Lipinski definition) is 1. The van der Waals surface area contributed by atoms with Crippen molar-refractivity contribution in [1.29, 1.82) is 0 Å². The molecule has 2 aromatic carbocycles. The van der Waals surface area contributed by atoms with Gasteiger partial charge in [0.25, 0.3) is 5.91 Å². The SMILES string of the molecule is CCCC[C@H](CC)COCCCNC(=O)c1cncn1-c1cccc(-c2cccc(Cl)c2)c1. The lowest BCUT2D eigenvalue weighted by Crippen LogP contribution is -2.27. The van der Waals surface area contributed by atoms with Crippen LogP contribution >= 0.6 is 11.6 Å². The number of nitrogens with one attached hydrogen (secondary N) is 1. The maximum atomic E-state index is 12.8. The van der Waals surface area contributed by atoms with E-state index in [1.807, 2.05) is 48.5 Å². The molecule has 0 saturated heterocycles. The standard InChI is InChI=1S/C27H34ClN3O2/c1-3-5-9-21(4-2)19-33-15-8-14-30-27(32)26-18-29-20-31(26)25-13-7-11-23(17-25)22-10-6-12-24(28)16-22/h6-7,10-13,16-18,20-21H,3-5,8-9,14-15,19H2,1-2H3,(H,30,32)/t21-/m0/s1. The van der Waals surface area contributed by atoms with Gasteiger partial charge in [0.15, 0.2) is 0 Å². The Labute approximate surface area is 202 Å². The smallest absolute Gasteiger partial charge is 0.269 e. The first-order chi connectivity index (χ1) is 16.1. The summed E-state index contributed by atoms with van der Waals surface area (Å²) in [6, 6.07) is 15.7. The van der Waals surface area contributed by atoms with Gasteiger partial charge in [0.1, 0.15) is 5.69 Å². The zero-order chi connectivity index (χ0) is 23.5. The number of hydrogen-bond acceptors (Lipinski definition) is 3. The van der Waals surface area contributed by atoms with E-state index in [1.165, 1.54) is 19.3 Å². The lowest BCUT2D eigenvalue weighted by molar-refractivity contribution is 0.0872. The van der Waals surface area contributed by atoms with E-state index in [0.717, 1.165) is 36.3 Å². The summed E-state index contributed by atoms with van der Waals surface area (Å²) >= 11 is 6.15. The fourth-order valence-electron chi connectivity index (χ4n) is 3.79. The predicted octanol–water partition coefficient (Wildman–Crippen LogP) is 6.55. The Morgan fingerprint density at radius 2 is 1.91 bits per heavy atom. The molecule has 1 amide bonds. The molecule has 0 aliphatic rings. The zero-order valence-corrected chi connectivity index (χ0v) is 20.4. The van der Waals surface area contributed by atoms with Crippen LogP contribution in [0.4, 0.5) is 0 Å².